The molecule has 5 nitrogen and oxygen atoms in total. The van der Waals surface area contributed by atoms with Gasteiger partial charge in [0.1, 0.15) is 10.6 Å². The fourth-order valence-electron chi connectivity index (χ4n) is 4.88. The molecule has 1 aliphatic carbocycles. The van der Waals surface area contributed by atoms with Crippen LogP contribution in [0.5, 0.6) is 5.75 Å². The third-order valence-corrected chi connectivity index (χ3v) is 7.68. The molecule has 0 radical (unpaired) electrons. The van der Waals surface area contributed by atoms with Gasteiger partial charge < -0.3 is 8.92 Å². The van der Waals surface area contributed by atoms with Crippen molar-refractivity contribution < 1.29 is 22.1 Å². The van der Waals surface area contributed by atoms with Crippen LogP contribution in [0.25, 0.3) is 10.8 Å². The van der Waals surface area contributed by atoms with Gasteiger partial charge in [-0.05, 0) is 48.4 Å². The maximum absolute atomic E-state index is 12.9. The molecule has 0 aromatic heterocycles. The fraction of sp³-hybridized carbons (Fsp3) is 0.240. The molecule has 1 saturated heterocycles. The molecule has 1 heterocycles. The van der Waals surface area contributed by atoms with Crippen molar-refractivity contribution in [3.63, 3.8) is 0 Å². The van der Waals surface area contributed by atoms with Crippen molar-refractivity contribution in [3.8, 4) is 5.75 Å². The molecule has 0 amide bonds. The van der Waals surface area contributed by atoms with Crippen LogP contribution in [0.4, 0.5) is 0 Å². The van der Waals surface area contributed by atoms with Crippen molar-refractivity contribution in [2.45, 2.75) is 24.2 Å². The molecule has 2 fully saturated rings. The van der Waals surface area contributed by atoms with Crippen LogP contribution in [0.3, 0.4) is 0 Å². The molecule has 2 atom stereocenters. The zero-order valence-corrected chi connectivity index (χ0v) is 17.7. The molecule has 2 aliphatic rings. The van der Waals surface area contributed by atoms with E-state index in [9.17, 15) is 13.2 Å². The highest BCUT2D eigenvalue weighted by Gasteiger charge is 2.55. The summed E-state index contributed by atoms with van der Waals surface area (Å²) in [6.07, 6.45) is 2.01. The summed E-state index contributed by atoms with van der Waals surface area (Å²) in [4.78, 5) is 12.6. The number of ether oxygens (including phenoxy) is 1. The van der Waals surface area contributed by atoms with Gasteiger partial charge in [0, 0.05) is 11.3 Å². The molecule has 0 N–H and O–H groups in total. The lowest BCUT2D eigenvalue weighted by molar-refractivity contribution is -0.146. The molecule has 1 aliphatic heterocycles. The summed E-state index contributed by atoms with van der Waals surface area (Å²) in [6.45, 7) is 4.51. The molecule has 2 unspecified atom stereocenters. The summed E-state index contributed by atoms with van der Waals surface area (Å²) in [7, 11) is -3.99. The first-order chi connectivity index (χ1) is 14.9. The highest BCUT2D eigenvalue weighted by Crippen LogP contribution is 2.52. The van der Waals surface area contributed by atoms with Crippen LogP contribution in [0, 0.1) is 11.3 Å². The fourth-order valence-corrected chi connectivity index (χ4v) is 6.03. The van der Waals surface area contributed by atoms with Gasteiger partial charge in [-0.15, -0.1) is 0 Å². The summed E-state index contributed by atoms with van der Waals surface area (Å²) in [6, 6.07) is 19.3. The zero-order chi connectivity index (χ0) is 21.6. The number of benzene rings is 3. The zero-order valence-electron chi connectivity index (χ0n) is 16.9. The Labute approximate surface area is 181 Å². The van der Waals surface area contributed by atoms with Gasteiger partial charge in [0.05, 0.1) is 12.0 Å². The molecule has 3 aromatic carbocycles. The monoisotopic (exact) mass is 434 g/mol. The van der Waals surface area contributed by atoms with Crippen LogP contribution in [0.15, 0.2) is 83.8 Å². The summed E-state index contributed by atoms with van der Waals surface area (Å²) < 4.78 is 36.6. The maximum atomic E-state index is 12.9. The van der Waals surface area contributed by atoms with Crippen molar-refractivity contribution in [3.05, 3.63) is 84.4 Å². The minimum atomic E-state index is -3.99. The maximum Gasteiger partial charge on any atom is 0.339 e. The van der Waals surface area contributed by atoms with Gasteiger partial charge in [-0.1, -0.05) is 60.7 Å². The van der Waals surface area contributed by atoms with Crippen LogP contribution < -0.4 is 4.18 Å². The Morgan fingerprint density at radius 3 is 2.58 bits per heavy atom. The Balaban J connectivity index is 1.38. The SMILES string of the molecule is C=C1CC2COC(=O)C2(Cc2ccc(OS(=O)(=O)c3cccc4ccccc34)cc2)C1. The first-order valence-electron chi connectivity index (χ1n) is 10.2. The van der Waals surface area contributed by atoms with Gasteiger partial charge in [0.2, 0.25) is 0 Å². The number of hydrogen-bond donors (Lipinski definition) is 0. The van der Waals surface area contributed by atoms with Crippen molar-refractivity contribution in [2.75, 3.05) is 6.61 Å². The molecular formula is C25H22O5S. The molecule has 0 bridgehead atoms. The lowest BCUT2D eigenvalue weighted by Gasteiger charge is -2.24. The molecule has 0 spiro atoms. The molecule has 6 heteroatoms. The van der Waals surface area contributed by atoms with Gasteiger partial charge in [0.15, 0.2) is 0 Å². The largest absolute Gasteiger partial charge is 0.465 e. The summed E-state index contributed by atoms with van der Waals surface area (Å²) in [5.41, 5.74) is 1.48. The minimum absolute atomic E-state index is 0.134. The second-order valence-electron chi connectivity index (χ2n) is 8.42. The third kappa shape index (κ3) is 3.41. The summed E-state index contributed by atoms with van der Waals surface area (Å²) >= 11 is 0. The Kier molecular flexibility index (Phi) is 4.63. The number of rotatable bonds is 5. The Morgan fingerprint density at radius 1 is 1.03 bits per heavy atom. The van der Waals surface area contributed by atoms with E-state index in [1.54, 1.807) is 36.4 Å². The van der Waals surface area contributed by atoms with Gasteiger partial charge in [-0.25, -0.2) is 0 Å². The van der Waals surface area contributed by atoms with Gasteiger partial charge in [-0.2, -0.15) is 8.42 Å². The Morgan fingerprint density at radius 2 is 1.77 bits per heavy atom. The average Bonchev–Trinajstić information content (AvgIpc) is 3.22. The van der Waals surface area contributed by atoms with E-state index in [-0.39, 0.29) is 22.5 Å². The third-order valence-electron chi connectivity index (χ3n) is 6.37. The van der Waals surface area contributed by atoms with E-state index in [0.29, 0.717) is 24.8 Å². The first-order valence-corrected chi connectivity index (χ1v) is 11.6. The van der Waals surface area contributed by atoms with Gasteiger partial charge >= 0.3 is 16.1 Å². The number of fused-ring (bicyclic) bond motifs is 2. The topological polar surface area (TPSA) is 69.7 Å². The Hall–Kier alpha value is -3.12. The molecule has 3 aromatic rings. The van der Waals surface area contributed by atoms with Crippen molar-refractivity contribution in [1.29, 1.82) is 0 Å². The first kappa shape index (κ1) is 19.8. The highest BCUT2D eigenvalue weighted by molar-refractivity contribution is 7.87. The number of carbonyl (C=O) groups is 1. The van der Waals surface area contributed by atoms with E-state index in [4.69, 9.17) is 8.92 Å². The van der Waals surface area contributed by atoms with Crippen LogP contribution in [0.2, 0.25) is 0 Å². The van der Waals surface area contributed by atoms with E-state index in [1.165, 1.54) is 0 Å². The standard InChI is InChI=1S/C25H22O5S/c1-17-13-20-16-29-24(26)25(20,14-17)15-18-9-11-21(12-10-18)30-31(27,28)23-8-4-6-19-5-2-3-7-22(19)23/h2-12,20H,1,13-16H2. The Bertz CT molecular complexity index is 1290. The van der Waals surface area contributed by atoms with Crippen molar-refractivity contribution >= 4 is 26.9 Å². The second-order valence-corrected chi connectivity index (χ2v) is 9.93. The van der Waals surface area contributed by atoms with Crippen molar-refractivity contribution in [2.24, 2.45) is 11.3 Å². The van der Waals surface area contributed by atoms with E-state index in [0.717, 1.165) is 22.9 Å². The predicted molar refractivity (Wildman–Crippen MR) is 117 cm³/mol. The quantitative estimate of drug-likeness (QED) is 0.332. The summed E-state index contributed by atoms with van der Waals surface area (Å²) in [5.74, 6) is 0.237. The lowest BCUT2D eigenvalue weighted by Crippen LogP contribution is -2.31. The van der Waals surface area contributed by atoms with E-state index in [1.807, 2.05) is 30.3 Å². The van der Waals surface area contributed by atoms with E-state index >= 15 is 0 Å². The number of esters is 1. The molecule has 5 rings (SSSR count). The van der Waals surface area contributed by atoms with Crippen LogP contribution in [-0.4, -0.2) is 21.0 Å². The van der Waals surface area contributed by atoms with Crippen LogP contribution in [0.1, 0.15) is 18.4 Å². The predicted octanol–water partition coefficient (Wildman–Crippen LogP) is 4.66. The average molecular weight is 435 g/mol. The molecule has 31 heavy (non-hydrogen) atoms. The number of cyclic esters (lactones) is 1. The number of allylic oxidation sites excluding steroid dienone is 1. The van der Waals surface area contributed by atoms with E-state index in [2.05, 4.69) is 6.58 Å². The second kappa shape index (κ2) is 7.24. The van der Waals surface area contributed by atoms with Crippen LogP contribution in [-0.2, 0) is 26.1 Å². The van der Waals surface area contributed by atoms with Crippen LogP contribution >= 0.6 is 0 Å². The molecular weight excluding hydrogens is 412 g/mol. The molecule has 1 saturated carbocycles. The van der Waals surface area contributed by atoms with E-state index < -0.39 is 15.5 Å². The van der Waals surface area contributed by atoms with Crippen molar-refractivity contribution in [1.82, 2.24) is 0 Å². The normalized spacial score (nSPS) is 23.0. The smallest absolute Gasteiger partial charge is 0.339 e. The minimum Gasteiger partial charge on any atom is -0.465 e. The highest BCUT2D eigenvalue weighted by atomic mass is 32.2. The number of hydrogen-bond acceptors (Lipinski definition) is 5. The number of carbonyl (C=O) groups excluding carboxylic acids is 1. The van der Waals surface area contributed by atoms with Gasteiger partial charge in [0.25, 0.3) is 0 Å². The molecule has 158 valence electrons. The summed E-state index contributed by atoms with van der Waals surface area (Å²) in [5, 5.41) is 1.45. The lowest BCUT2D eigenvalue weighted by atomic mass is 9.75. The van der Waals surface area contributed by atoms with Gasteiger partial charge in [-0.3, -0.25) is 4.79 Å².